The van der Waals surface area contributed by atoms with Crippen LogP contribution in [0.15, 0.2) is 27.6 Å². The Balaban J connectivity index is 1.55. The Bertz CT molecular complexity index is 857. The van der Waals surface area contributed by atoms with Crippen molar-refractivity contribution < 1.29 is 12.8 Å². The van der Waals surface area contributed by atoms with Gasteiger partial charge in [0, 0.05) is 12.6 Å². The number of aromatic nitrogens is 3. The van der Waals surface area contributed by atoms with Crippen LogP contribution in [0.25, 0.3) is 11.6 Å². The maximum atomic E-state index is 12.5. The molecule has 2 fully saturated rings. The summed E-state index contributed by atoms with van der Waals surface area (Å²) in [6, 6.07) is 3.68. The van der Waals surface area contributed by atoms with Crippen molar-refractivity contribution in [3.8, 4) is 11.6 Å². The lowest BCUT2D eigenvalue weighted by molar-refractivity contribution is 0.545. The fraction of sp³-hybridized carbons (Fsp3) is 0.571. The fourth-order valence-corrected chi connectivity index (χ4v) is 3.96. The lowest BCUT2D eigenvalue weighted by Gasteiger charge is -2.04. The topological polar surface area (TPSA) is 99.1 Å². The molecule has 0 unspecified atom stereocenters. The summed E-state index contributed by atoms with van der Waals surface area (Å²) in [5, 5.41) is 4.07. The molecule has 0 spiro atoms. The molecule has 1 N–H and O–H groups in total. The van der Waals surface area contributed by atoms with Crippen LogP contribution >= 0.6 is 0 Å². The normalized spacial score (nSPS) is 18.4. The highest BCUT2D eigenvalue weighted by Crippen LogP contribution is 2.36. The van der Waals surface area contributed by atoms with E-state index in [2.05, 4.69) is 9.82 Å². The van der Waals surface area contributed by atoms with Crippen LogP contribution in [-0.4, -0.2) is 34.6 Å². The van der Waals surface area contributed by atoms with Crippen molar-refractivity contribution in [3.63, 3.8) is 0 Å². The summed E-state index contributed by atoms with van der Waals surface area (Å²) in [4.78, 5) is 12.5. The van der Waals surface area contributed by atoms with Crippen molar-refractivity contribution in [1.82, 2.24) is 19.1 Å². The zero-order chi connectivity index (χ0) is 16.0. The summed E-state index contributed by atoms with van der Waals surface area (Å²) in [7, 11) is -3.24. The summed E-state index contributed by atoms with van der Waals surface area (Å²) in [5.74, 6) is 1.05. The van der Waals surface area contributed by atoms with Gasteiger partial charge in [0.2, 0.25) is 15.8 Å². The maximum Gasteiger partial charge on any atom is 0.346 e. The Morgan fingerprint density at radius 2 is 2.09 bits per heavy atom. The highest BCUT2D eigenvalue weighted by molar-refractivity contribution is 7.90. The minimum Gasteiger partial charge on any atom is -0.461 e. The lowest BCUT2D eigenvalue weighted by Crippen LogP contribution is -2.33. The zero-order valence-corrected chi connectivity index (χ0v) is 13.3. The molecule has 2 aliphatic carbocycles. The predicted molar refractivity (Wildman–Crippen MR) is 82.4 cm³/mol. The third-order valence-electron chi connectivity index (χ3n) is 4.11. The van der Waals surface area contributed by atoms with Crippen LogP contribution in [0.1, 0.15) is 31.7 Å². The SMILES string of the molecule is O=c1n(CCNS(=O)(=O)C2CC2)nc(-c2ccco2)n1C1CC1. The van der Waals surface area contributed by atoms with Gasteiger partial charge in [-0.1, -0.05) is 0 Å². The van der Waals surface area contributed by atoms with Crippen molar-refractivity contribution in [1.29, 1.82) is 0 Å². The molecule has 4 rings (SSSR count). The standard InChI is InChI=1S/C14H18N4O4S/c19-14-17(8-7-15-23(20,21)11-5-6-11)16-13(12-2-1-9-22-12)18(14)10-3-4-10/h1-2,9-11,15H,3-8H2. The molecule has 2 aromatic heterocycles. The molecular formula is C14H18N4O4S. The van der Waals surface area contributed by atoms with Crippen LogP contribution in [0.3, 0.4) is 0 Å². The highest BCUT2D eigenvalue weighted by Gasteiger charge is 2.35. The summed E-state index contributed by atoms with van der Waals surface area (Å²) >= 11 is 0. The molecule has 0 amide bonds. The summed E-state index contributed by atoms with van der Waals surface area (Å²) in [5.41, 5.74) is -0.218. The number of hydrogen-bond acceptors (Lipinski definition) is 5. The van der Waals surface area contributed by atoms with Crippen LogP contribution in [0.5, 0.6) is 0 Å². The number of furan rings is 1. The van der Waals surface area contributed by atoms with Gasteiger partial charge in [-0.2, -0.15) is 0 Å². The summed E-state index contributed by atoms with van der Waals surface area (Å²) < 4.78 is 34.5. The molecule has 0 bridgehead atoms. The first-order chi connectivity index (χ1) is 11.1. The number of nitrogens with zero attached hydrogens (tertiary/aromatic N) is 3. The molecular weight excluding hydrogens is 320 g/mol. The smallest absolute Gasteiger partial charge is 0.346 e. The van der Waals surface area contributed by atoms with Crippen LogP contribution in [0, 0.1) is 0 Å². The molecule has 9 heteroatoms. The van der Waals surface area contributed by atoms with E-state index in [1.807, 2.05) is 0 Å². The minimum atomic E-state index is -3.24. The quantitative estimate of drug-likeness (QED) is 0.802. The van der Waals surface area contributed by atoms with Crippen LogP contribution in [0.2, 0.25) is 0 Å². The van der Waals surface area contributed by atoms with Gasteiger partial charge >= 0.3 is 5.69 Å². The second-order valence-corrected chi connectivity index (χ2v) is 8.09. The van der Waals surface area contributed by atoms with Gasteiger partial charge in [-0.05, 0) is 37.8 Å². The number of rotatable bonds is 7. The van der Waals surface area contributed by atoms with Gasteiger partial charge in [0.1, 0.15) is 0 Å². The van der Waals surface area contributed by atoms with E-state index in [0.717, 1.165) is 12.8 Å². The first-order valence-electron chi connectivity index (χ1n) is 7.78. The molecule has 2 aromatic rings. The molecule has 0 aliphatic heterocycles. The van der Waals surface area contributed by atoms with Gasteiger partial charge in [0.25, 0.3) is 0 Å². The monoisotopic (exact) mass is 338 g/mol. The fourth-order valence-electron chi connectivity index (χ4n) is 2.59. The largest absolute Gasteiger partial charge is 0.461 e. The van der Waals surface area contributed by atoms with E-state index >= 15 is 0 Å². The summed E-state index contributed by atoms with van der Waals surface area (Å²) in [6.45, 7) is 0.371. The van der Waals surface area contributed by atoms with E-state index in [9.17, 15) is 13.2 Å². The molecule has 124 valence electrons. The van der Waals surface area contributed by atoms with E-state index in [4.69, 9.17) is 4.42 Å². The Hall–Kier alpha value is -1.87. The van der Waals surface area contributed by atoms with E-state index in [1.165, 1.54) is 4.68 Å². The van der Waals surface area contributed by atoms with Crippen molar-refractivity contribution in [2.45, 2.75) is 43.5 Å². The van der Waals surface area contributed by atoms with E-state index in [0.29, 0.717) is 24.4 Å². The van der Waals surface area contributed by atoms with Crippen molar-refractivity contribution >= 4 is 10.0 Å². The Morgan fingerprint density at radius 3 is 2.70 bits per heavy atom. The molecule has 0 saturated heterocycles. The van der Waals surface area contributed by atoms with E-state index in [1.54, 1.807) is 23.0 Å². The van der Waals surface area contributed by atoms with Gasteiger partial charge in [-0.3, -0.25) is 4.57 Å². The first-order valence-corrected chi connectivity index (χ1v) is 9.32. The van der Waals surface area contributed by atoms with Crippen molar-refractivity contribution in [3.05, 3.63) is 28.9 Å². The molecule has 2 aliphatic rings. The molecule has 0 aromatic carbocycles. The highest BCUT2D eigenvalue weighted by atomic mass is 32.2. The zero-order valence-electron chi connectivity index (χ0n) is 12.5. The van der Waals surface area contributed by atoms with Gasteiger partial charge in [-0.25, -0.2) is 22.6 Å². The van der Waals surface area contributed by atoms with Gasteiger partial charge in [-0.15, -0.1) is 5.10 Å². The van der Waals surface area contributed by atoms with E-state index in [-0.39, 0.29) is 30.1 Å². The van der Waals surface area contributed by atoms with Crippen molar-refractivity contribution in [2.75, 3.05) is 6.54 Å². The van der Waals surface area contributed by atoms with Crippen LogP contribution in [0.4, 0.5) is 0 Å². The Kier molecular flexibility index (Phi) is 3.42. The lowest BCUT2D eigenvalue weighted by atomic mass is 10.4. The maximum absolute atomic E-state index is 12.5. The van der Waals surface area contributed by atoms with Crippen molar-refractivity contribution in [2.24, 2.45) is 0 Å². The second-order valence-electron chi connectivity index (χ2n) is 6.05. The third kappa shape index (κ3) is 2.86. The third-order valence-corrected chi connectivity index (χ3v) is 6.07. The minimum absolute atomic E-state index is 0.165. The van der Waals surface area contributed by atoms with Gasteiger partial charge in [0.15, 0.2) is 5.76 Å². The van der Waals surface area contributed by atoms with Gasteiger partial charge < -0.3 is 4.42 Å². The first kappa shape index (κ1) is 14.7. The molecule has 2 heterocycles. The van der Waals surface area contributed by atoms with Crippen LogP contribution in [-0.2, 0) is 16.6 Å². The number of sulfonamides is 1. The molecule has 0 radical (unpaired) electrons. The average Bonchev–Trinajstić information content (AvgIpc) is 3.44. The molecule has 2 saturated carbocycles. The van der Waals surface area contributed by atoms with Gasteiger partial charge in [0.05, 0.1) is 18.1 Å². The molecule has 0 atom stereocenters. The molecule has 8 nitrogen and oxygen atoms in total. The molecule has 23 heavy (non-hydrogen) atoms. The number of hydrogen-bond donors (Lipinski definition) is 1. The Labute approximate surface area is 133 Å². The second kappa shape index (κ2) is 5.34. The summed E-state index contributed by atoms with van der Waals surface area (Å²) in [6.07, 6.45) is 4.88. The number of nitrogens with one attached hydrogen (secondary N) is 1. The van der Waals surface area contributed by atoms with Crippen LogP contribution < -0.4 is 10.4 Å². The predicted octanol–water partition coefficient (Wildman–Crippen LogP) is 0.722. The van der Waals surface area contributed by atoms with E-state index < -0.39 is 10.0 Å². The average molecular weight is 338 g/mol. The Morgan fingerprint density at radius 1 is 1.30 bits per heavy atom.